The minimum Gasteiger partial charge on any atom is -0.387 e. The minimum absolute atomic E-state index is 0.298. The molecular formula is C15H16FN3O. The molecule has 0 aliphatic rings. The van der Waals surface area contributed by atoms with Crippen molar-refractivity contribution in [3.8, 4) is 0 Å². The van der Waals surface area contributed by atoms with Crippen LogP contribution in [0, 0.1) is 5.82 Å². The molecule has 2 aromatic rings. The van der Waals surface area contributed by atoms with Gasteiger partial charge in [0.1, 0.15) is 11.5 Å². The van der Waals surface area contributed by atoms with Crippen LogP contribution in [0.1, 0.15) is 29.0 Å². The first-order chi connectivity index (χ1) is 9.61. The summed E-state index contributed by atoms with van der Waals surface area (Å²) in [5, 5.41) is 5.65. The van der Waals surface area contributed by atoms with Gasteiger partial charge in [0, 0.05) is 12.6 Å². The van der Waals surface area contributed by atoms with E-state index in [1.54, 1.807) is 50.5 Å². The van der Waals surface area contributed by atoms with E-state index in [0.29, 0.717) is 11.3 Å². The average molecular weight is 273 g/mol. The number of pyridine rings is 1. The van der Waals surface area contributed by atoms with Gasteiger partial charge in [-0.2, -0.15) is 0 Å². The first kappa shape index (κ1) is 14.0. The van der Waals surface area contributed by atoms with Crippen LogP contribution in [0.3, 0.4) is 0 Å². The highest BCUT2D eigenvalue weighted by Gasteiger charge is 2.14. The molecule has 1 aromatic heterocycles. The van der Waals surface area contributed by atoms with Crippen molar-refractivity contribution in [3.05, 3.63) is 59.7 Å². The lowest BCUT2D eigenvalue weighted by atomic mass is 10.1. The van der Waals surface area contributed by atoms with Gasteiger partial charge < -0.3 is 10.6 Å². The van der Waals surface area contributed by atoms with Crippen LogP contribution >= 0.6 is 0 Å². The normalized spacial score (nSPS) is 11.8. The number of carbonyl (C=O) groups excluding carboxylic acids is 1. The molecular weight excluding hydrogens is 257 g/mol. The largest absolute Gasteiger partial charge is 0.387 e. The topological polar surface area (TPSA) is 54.0 Å². The summed E-state index contributed by atoms with van der Waals surface area (Å²) in [6.45, 7) is 1.73. The summed E-state index contributed by atoms with van der Waals surface area (Å²) >= 11 is 0. The van der Waals surface area contributed by atoms with Crippen molar-refractivity contribution in [1.29, 1.82) is 0 Å². The zero-order chi connectivity index (χ0) is 14.5. The molecule has 1 atom stereocenters. The van der Waals surface area contributed by atoms with Gasteiger partial charge in [-0.1, -0.05) is 18.2 Å². The van der Waals surface area contributed by atoms with Gasteiger partial charge in [-0.05, 0) is 25.1 Å². The molecule has 2 rings (SSSR count). The standard InChI is InChI=1S/C15H16FN3O/c1-10(12-5-3-4-6-13(12)16)19-15(20)14-8-7-11(17-2)9-18-14/h3-10,17H,1-2H3,(H,19,20). The maximum atomic E-state index is 13.6. The van der Waals surface area contributed by atoms with E-state index < -0.39 is 6.04 Å². The van der Waals surface area contributed by atoms with Crippen LogP contribution < -0.4 is 10.6 Å². The van der Waals surface area contributed by atoms with Crippen molar-refractivity contribution < 1.29 is 9.18 Å². The predicted octanol–water partition coefficient (Wildman–Crippen LogP) is 2.75. The van der Waals surface area contributed by atoms with Gasteiger partial charge in [0.15, 0.2) is 0 Å². The first-order valence-electron chi connectivity index (χ1n) is 6.31. The Morgan fingerprint density at radius 3 is 2.60 bits per heavy atom. The van der Waals surface area contributed by atoms with Gasteiger partial charge in [-0.15, -0.1) is 0 Å². The van der Waals surface area contributed by atoms with E-state index in [-0.39, 0.29) is 11.7 Å². The quantitative estimate of drug-likeness (QED) is 0.900. The maximum Gasteiger partial charge on any atom is 0.270 e. The molecule has 1 aromatic carbocycles. The van der Waals surface area contributed by atoms with Gasteiger partial charge in [0.25, 0.3) is 5.91 Å². The number of nitrogens with one attached hydrogen (secondary N) is 2. The number of hydrogen-bond donors (Lipinski definition) is 2. The number of rotatable bonds is 4. The molecule has 0 aliphatic carbocycles. The average Bonchev–Trinajstić information content (AvgIpc) is 2.47. The molecule has 0 bridgehead atoms. The third kappa shape index (κ3) is 3.12. The third-order valence-electron chi connectivity index (χ3n) is 3.00. The second-order valence-corrected chi connectivity index (χ2v) is 4.40. The molecule has 1 amide bonds. The first-order valence-corrected chi connectivity index (χ1v) is 6.31. The molecule has 4 nitrogen and oxygen atoms in total. The number of hydrogen-bond acceptors (Lipinski definition) is 3. The Hall–Kier alpha value is -2.43. The van der Waals surface area contributed by atoms with Crippen molar-refractivity contribution in [2.45, 2.75) is 13.0 Å². The number of nitrogens with zero attached hydrogens (tertiary/aromatic N) is 1. The Morgan fingerprint density at radius 2 is 2.00 bits per heavy atom. The van der Waals surface area contributed by atoms with Crippen molar-refractivity contribution in [3.63, 3.8) is 0 Å². The van der Waals surface area contributed by atoms with E-state index >= 15 is 0 Å². The fraction of sp³-hybridized carbons (Fsp3) is 0.200. The predicted molar refractivity (Wildman–Crippen MR) is 76.1 cm³/mol. The van der Waals surface area contributed by atoms with E-state index in [0.717, 1.165) is 5.69 Å². The van der Waals surface area contributed by atoms with Crippen LogP contribution in [-0.4, -0.2) is 17.9 Å². The molecule has 0 saturated heterocycles. The minimum atomic E-state index is -0.422. The lowest BCUT2D eigenvalue weighted by molar-refractivity contribution is 0.0934. The van der Waals surface area contributed by atoms with Gasteiger partial charge >= 0.3 is 0 Å². The van der Waals surface area contributed by atoms with E-state index in [2.05, 4.69) is 15.6 Å². The summed E-state index contributed by atoms with van der Waals surface area (Å²) in [6, 6.07) is 9.34. The number of halogens is 1. The number of aromatic nitrogens is 1. The van der Waals surface area contributed by atoms with E-state index in [4.69, 9.17) is 0 Å². The zero-order valence-corrected chi connectivity index (χ0v) is 11.4. The monoisotopic (exact) mass is 273 g/mol. The summed E-state index contributed by atoms with van der Waals surface area (Å²) in [4.78, 5) is 16.1. The lowest BCUT2D eigenvalue weighted by Crippen LogP contribution is -2.27. The molecule has 0 spiro atoms. The Labute approximate surface area is 117 Å². The summed E-state index contributed by atoms with van der Waals surface area (Å²) in [7, 11) is 1.77. The maximum absolute atomic E-state index is 13.6. The smallest absolute Gasteiger partial charge is 0.270 e. The fourth-order valence-corrected chi connectivity index (χ4v) is 1.85. The molecule has 1 heterocycles. The molecule has 0 saturated carbocycles. The Balaban J connectivity index is 2.09. The molecule has 0 aliphatic heterocycles. The molecule has 0 radical (unpaired) electrons. The van der Waals surface area contributed by atoms with E-state index in [1.165, 1.54) is 6.07 Å². The highest BCUT2D eigenvalue weighted by atomic mass is 19.1. The summed E-state index contributed by atoms with van der Waals surface area (Å²) < 4.78 is 13.6. The van der Waals surface area contributed by atoms with E-state index in [9.17, 15) is 9.18 Å². The third-order valence-corrected chi connectivity index (χ3v) is 3.00. The van der Waals surface area contributed by atoms with Crippen LogP contribution in [0.4, 0.5) is 10.1 Å². The van der Waals surface area contributed by atoms with Gasteiger partial charge in [0.05, 0.1) is 17.9 Å². The molecule has 5 heteroatoms. The Morgan fingerprint density at radius 1 is 1.25 bits per heavy atom. The number of amides is 1. The van der Waals surface area contributed by atoms with Crippen LogP contribution in [0.5, 0.6) is 0 Å². The van der Waals surface area contributed by atoms with Gasteiger partial charge in [-0.25, -0.2) is 9.37 Å². The van der Waals surface area contributed by atoms with Crippen molar-refractivity contribution >= 4 is 11.6 Å². The summed E-state index contributed by atoms with van der Waals surface area (Å²) in [5.74, 6) is -0.665. The van der Waals surface area contributed by atoms with Crippen LogP contribution in [-0.2, 0) is 0 Å². The summed E-state index contributed by atoms with van der Waals surface area (Å²) in [6.07, 6.45) is 1.57. The van der Waals surface area contributed by atoms with Crippen LogP contribution in [0.2, 0.25) is 0 Å². The second-order valence-electron chi connectivity index (χ2n) is 4.40. The van der Waals surface area contributed by atoms with Gasteiger partial charge in [-0.3, -0.25) is 4.79 Å². The fourth-order valence-electron chi connectivity index (χ4n) is 1.85. The van der Waals surface area contributed by atoms with Crippen molar-refractivity contribution in [1.82, 2.24) is 10.3 Å². The number of anilines is 1. The highest BCUT2D eigenvalue weighted by Crippen LogP contribution is 2.16. The Bertz CT molecular complexity index is 598. The van der Waals surface area contributed by atoms with Crippen LogP contribution in [0.25, 0.3) is 0 Å². The molecule has 104 valence electrons. The molecule has 2 N–H and O–H groups in total. The summed E-state index contributed by atoms with van der Waals surface area (Å²) in [5.41, 5.74) is 1.57. The van der Waals surface area contributed by atoms with E-state index in [1.807, 2.05) is 0 Å². The molecule has 1 unspecified atom stereocenters. The molecule has 20 heavy (non-hydrogen) atoms. The van der Waals surface area contributed by atoms with Crippen molar-refractivity contribution in [2.75, 3.05) is 12.4 Å². The highest BCUT2D eigenvalue weighted by molar-refractivity contribution is 5.92. The lowest BCUT2D eigenvalue weighted by Gasteiger charge is -2.14. The number of benzene rings is 1. The SMILES string of the molecule is CNc1ccc(C(=O)NC(C)c2ccccc2F)nc1. The van der Waals surface area contributed by atoms with Crippen LogP contribution in [0.15, 0.2) is 42.6 Å². The Kier molecular flexibility index (Phi) is 4.30. The second kappa shape index (κ2) is 6.14. The zero-order valence-electron chi connectivity index (χ0n) is 11.4. The van der Waals surface area contributed by atoms with Gasteiger partial charge in [0.2, 0.25) is 0 Å². The molecule has 0 fully saturated rings. The number of carbonyl (C=O) groups is 1. The van der Waals surface area contributed by atoms with Crippen molar-refractivity contribution in [2.24, 2.45) is 0 Å².